The second-order valence-electron chi connectivity index (χ2n) is 4.32. The van der Waals surface area contributed by atoms with Gasteiger partial charge in [0.25, 0.3) is 0 Å². The van der Waals surface area contributed by atoms with Crippen LogP contribution in [0.1, 0.15) is 24.2 Å². The van der Waals surface area contributed by atoms with E-state index < -0.39 is 5.97 Å². The minimum atomic E-state index is -0.535. The molecule has 0 fully saturated rings. The summed E-state index contributed by atoms with van der Waals surface area (Å²) in [6, 6.07) is 8.60. The van der Waals surface area contributed by atoms with Gasteiger partial charge in [-0.05, 0) is 59.1 Å². The first-order valence-electron chi connectivity index (χ1n) is 5.95. The Kier molecular flexibility index (Phi) is 4.29. The molecule has 0 aromatic heterocycles. The lowest BCUT2D eigenvalue weighted by Gasteiger charge is -2.13. The third kappa shape index (κ3) is 2.93. The van der Waals surface area contributed by atoms with Crippen LogP contribution in [0.15, 0.2) is 57.2 Å². The quantitative estimate of drug-likeness (QED) is 0.473. The summed E-state index contributed by atoms with van der Waals surface area (Å²) in [5, 5.41) is 3.87. The zero-order valence-electron chi connectivity index (χ0n) is 11.0. The minimum absolute atomic E-state index is 0.117. The summed E-state index contributed by atoms with van der Waals surface area (Å²) < 4.78 is 0.428. The minimum Gasteiger partial charge on any atom is -0.312 e. The van der Waals surface area contributed by atoms with Gasteiger partial charge in [-0.3, -0.25) is 4.79 Å². The highest BCUT2D eigenvalue weighted by atomic mass is 79.9. The van der Waals surface area contributed by atoms with Crippen molar-refractivity contribution >= 4 is 33.4 Å². The van der Waals surface area contributed by atoms with E-state index in [2.05, 4.69) is 21.1 Å². The summed E-state index contributed by atoms with van der Waals surface area (Å²) in [6.07, 6.45) is 1.45. The predicted molar refractivity (Wildman–Crippen MR) is 79.7 cm³/mol. The molecular formula is C15H12BrNO3. The summed E-state index contributed by atoms with van der Waals surface area (Å²) in [6.45, 7) is 3.49. The van der Waals surface area contributed by atoms with Crippen LogP contribution in [0.25, 0.3) is 0 Å². The molecule has 0 spiro atoms. The molecule has 0 N–H and O–H groups in total. The van der Waals surface area contributed by atoms with E-state index in [0.717, 1.165) is 0 Å². The van der Waals surface area contributed by atoms with Crippen LogP contribution >= 0.6 is 15.9 Å². The van der Waals surface area contributed by atoms with Crippen molar-refractivity contribution in [2.24, 2.45) is 5.16 Å². The maximum atomic E-state index is 11.8. The average molecular weight is 334 g/mol. The van der Waals surface area contributed by atoms with Gasteiger partial charge in [-0.1, -0.05) is 23.4 Å². The summed E-state index contributed by atoms with van der Waals surface area (Å²) >= 11 is 3.20. The highest BCUT2D eigenvalue weighted by molar-refractivity contribution is 9.12. The number of benzene rings is 1. The molecule has 0 heterocycles. The van der Waals surface area contributed by atoms with Gasteiger partial charge in [0, 0.05) is 0 Å². The van der Waals surface area contributed by atoms with Crippen molar-refractivity contribution in [1.29, 1.82) is 0 Å². The highest BCUT2D eigenvalue weighted by Crippen LogP contribution is 2.24. The first kappa shape index (κ1) is 14.4. The predicted octanol–water partition coefficient (Wildman–Crippen LogP) is 3.40. The Labute approximate surface area is 124 Å². The second kappa shape index (κ2) is 5.96. The smallest absolute Gasteiger partial charge is 0.312 e. The lowest BCUT2D eigenvalue weighted by Crippen LogP contribution is -2.15. The Morgan fingerprint density at radius 2 is 1.85 bits per heavy atom. The molecule has 2 rings (SSSR count). The molecular weight excluding hydrogens is 322 g/mol. The molecule has 5 heteroatoms. The molecule has 0 amide bonds. The van der Waals surface area contributed by atoms with E-state index in [0.29, 0.717) is 26.9 Å². The van der Waals surface area contributed by atoms with Crippen LogP contribution in [0.2, 0.25) is 0 Å². The number of hydrogen-bond acceptors (Lipinski definition) is 4. The number of hydrogen-bond donors (Lipinski definition) is 0. The van der Waals surface area contributed by atoms with Crippen LogP contribution in [-0.4, -0.2) is 17.5 Å². The van der Waals surface area contributed by atoms with E-state index in [-0.39, 0.29) is 5.78 Å². The Bertz CT molecular complexity index is 657. The topological polar surface area (TPSA) is 55.7 Å². The Morgan fingerprint density at radius 1 is 1.20 bits per heavy atom. The summed E-state index contributed by atoms with van der Waals surface area (Å²) in [5.74, 6) is -0.653. The molecule has 4 nitrogen and oxygen atoms in total. The second-order valence-corrected chi connectivity index (χ2v) is 5.11. The van der Waals surface area contributed by atoms with E-state index in [4.69, 9.17) is 4.84 Å². The fourth-order valence-corrected chi connectivity index (χ4v) is 2.07. The molecule has 0 bridgehead atoms. The average Bonchev–Trinajstić information content (AvgIpc) is 2.45. The molecule has 0 unspecified atom stereocenters. The number of oxime groups is 1. The van der Waals surface area contributed by atoms with Crippen molar-refractivity contribution in [3.05, 3.63) is 57.6 Å². The molecule has 0 atom stereocenters. The van der Waals surface area contributed by atoms with Crippen LogP contribution in [0.3, 0.4) is 0 Å². The van der Waals surface area contributed by atoms with Crippen LogP contribution in [0.4, 0.5) is 0 Å². The Hall–Kier alpha value is -2.01. The zero-order chi connectivity index (χ0) is 14.7. The van der Waals surface area contributed by atoms with Gasteiger partial charge >= 0.3 is 5.97 Å². The number of nitrogens with zero attached hydrogens (tertiary/aromatic N) is 1. The van der Waals surface area contributed by atoms with Crippen molar-refractivity contribution < 1.29 is 14.4 Å². The summed E-state index contributed by atoms with van der Waals surface area (Å²) in [4.78, 5) is 28.3. The molecule has 102 valence electrons. The van der Waals surface area contributed by atoms with Gasteiger partial charge in [0.1, 0.15) is 5.71 Å². The van der Waals surface area contributed by atoms with Gasteiger partial charge in [0.15, 0.2) is 5.78 Å². The monoisotopic (exact) mass is 333 g/mol. The maximum absolute atomic E-state index is 11.8. The van der Waals surface area contributed by atoms with Gasteiger partial charge in [0.05, 0.1) is 10.0 Å². The normalized spacial score (nSPS) is 17.2. The third-order valence-electron chi connectivity index (χ3n) is 2.85. The number of halogens is 1. The molecule has 0 aliphatic heterocycles. The van der Waals surface area contributed by atoms with Crippen molar-refractivity contribution in [1.82, 2.24) is 0 Å². The third-order valence-corrected chi connectivity index (χ3v) is 3.84. The van der Waals surface area contributed by atoms with Crippen LogP contribution in [-0.2, 0) is 9.63 Å². The van der Waals surface area contributed by atoms with Crippen LogP contribution in [0, 0.1) is 0 Å². The molecule has 1 aromatic rings. The number of carbonyl (C=O) groups excluding carboxylic acids is 2. The van der Waals surface area contributed by atoms with Gasteiger partial charge in [-0.15, -0.1) is 0 Å². The molecule has 1 aliphatic carbocycles. The zero-order valence-corrected chi connectivity index (χ0v) is 12.6. The largest absolute Gasteiger partial charge is 0.365 e. The van der Waals surface area contributed by atoms with Gasteiger partial charge in [-0.25, -0.2) is 4.79 Å². The lowest BCUT2D eigenvalue weighted by atomic mass is 9.98. The maximum Gasteiger partial charge on any atom is 0.365 e. The van der Waals surface area contributed by atoms with Crippen LogP contribution < -0.4 is 0 Å². The van der Waals surface area contributed by atoms with Gasteiger partial charge < -0.3 is 4.84 Å². The fraction of sp³-hybridized carbons (Fsp3) is 0.133. The van der Waals surface area contributed by atoms with E-state index in [1.54, 1.807) is 38.1 Å². The van der Waals surface area contributed by atoms with E-state index in [9.17, 15) is 9.59 Å². The molecule has 0 saturated carbocycles. The van der Waals surface area contributed by atoms with Crippen molar-refractivity contribution in [3.63, 3.8) is 0 Å². The fourth-order valence-electron chi connectivity index (χ4n) is 1.77. The van der Waals surface area contributed by atoms with Crippen molar-refractivity contribution in [2.45, 2.75) is 13.8 Å². The Morgan fingerprint density at radius 3 is 2.50 bits per heavy atom. The van der Waals surface area contributed by atoms with E-state index in [1.165, 1.54) is 6.08 Å². The standard InChI is InChI=1S/C15H12BrNO3/c1-9-8-12(18)13(16)10(2)14(9)17-20-15(19)11-6-4-3-5-7-11/h3-8H,1-2H3. The highest BCUT2D eigenvalue weighted by Gasteiger charge is 2.21. The van der Waals surface area contributed by atoms with Crippen LogP contribution in [0.5, 0.6) is 0 Å². The molecule has 1 aromatic carbocycles. The Balaban J connectivity index is 2.22. The first-order chi connectivity index (χ1) is 9.50. The molecule has 0 radical (unpaired) electrons. The van der Waals surface area contributed by atoms with Crippen molar-refractivity contribution in [2.75, 3.05) is 0 Å². The number of rotatable bonds is 2. The molecule has 1 aliphatic rings. The first-order valence-corrected chi connectivity index (χ1v) is 6.74. The number of ketones is 1. The van der Waals surface area contributed by atoms with Crippen molar-refractivity contribution in [3.8, 4) is 0 Å². The molecule has 20 heavy (non-hydrogen) atoms. The number of carbonyl (C=O) groups is 2. The number of allylic oxidation sites excluding steroid dienone is 4. The molecule has 0 saturated heterocycles. The lowest BCUT2D eigenvalue weighted by molar-refractivity contribution is -0.110. The van der Waals surface area contributed by atoms with Gasteiger partial charge in [-0.2, -0.15) is 0 Å². The summed E-state index contributed by atoms with van der Waals surface area (Å²) in [7, 11) is 0. The van der Waals surface area contributed by atoms with E-state index in [1.807, 2.05) is 6.07 Å². The van der Waals surface area contributed by atoms with E-state index >= 15 is 0 Å². The summed E-state index contributed by atoms with van der Waals surface area (Å²) in [5.41, 5.74) is 2.22. The SMILES string of the molecule is CC1=CC(=O)C(Br)=C(C)C1=NOC(=O)c1ccccc1. The van der Waals surface area contributed by atoms with Gasteiger partial charge in [0.2, 0.25) is 0 Å².